The minimum Gasteiger partial charge on any atom is -0.383 e. The van der Waals surface area contributed by atoms with Crippen molar-refractivity contribution in [1.29, 1.82) is 5.41 Å². The van der Waals surface area contributed by atoms with E-state index < -0.39 is 0 Å². The van der Waals surface area contributed by atoms with Crippen molar-refractivity contribution in [2.24, 2.45) is 10.7 Å². The van der Waals surface area contributed by atoms with Crippen molar-refractivity contribution in [3.63, 3.8) is 0 Å². The Balaban J connectivity index is 1.87. The van der Waals surface area contributed by atoms with Gasteiger partial charge in [-0.15, -0.1) is 11.3 Å². The van der Waals surface area contributed by atoms with Gasteiger partial charge in [0.1, 0.15) is 5.84 Å². The Kier molecular flexibility index (Phi) is 4.76. The lowest BCUT2D eigenvalue weighted by Gasteiger charge is -2.36. The monoisotopic (exact) mass is 326 g/mol. The van der Waals surface area contributed by atoms with Crippen molar-refractivity contribution in [2.45, 2.75) is 32.2 Å². The van der Waals surface area contributed by atoms with E-state index in [4.69, 9.17) is 11.1 Å². The zero-order valence-electron chi connectivity index (χ0n) is 13.3. The molecule has 1 aliphatic heterocycles. The predicted molar refractivity (Wildman–Crippen MR) is 99.7 cm³/mol. The first kappa shape index (κ1) is 15.7. The van der Waals surface area contributed by atoms with E-state index in [9.17, 15) is 0 Å². The van der Waals surface area contributed by atoms with Gasteiger partial charge in [-0.05, 0) is 61.2 Å². The van der Waals surface area contributed by atoms with E-state index in [2.05, 4.69) is 28.9 Å². The third kappa shape index (κ3) is 3.45. The van der Waals surface area contributed by atoms with Gasteiger partial charge in [0.05, 0.1) is 10.6 Å². The number of benzene rings is 1. The molecular weight excluding hydrogens is 304 g/mol. The highest BCUT2D eigenvalue weighted by Gasteiger charge is 2.21. The van der Waals surface area contributed by atoms with Gasteiger partial charge < -0.3 is 16.0 Å². The molecule has 0 radical (unpaired) electrons. The Morgan fingerprint density at radius 2 is 2.35 bits per heavy atom. The molecule has 0 bridgehead atoms. The van der Waals surface area contributed by atoms with Gasteiger partial charge in [0.25, 0.3) is 0 Å². The summed E-state index contributed by atoms with van der Waals surface area (Å²) in [4.78, 5) is 7.97. The normalized spacial score (nSPS) is 16.0. The molecular formula is C18H22N4S. The zero-order valence-corrected chi connectivity index (χ0v) is 14.1. The van der Waals surface area contributed by atoms with Crippen molar-refractivity contribution >= 4 is 34.8 Å². The van der Waals surface area contributed by atoms with Crippen molar-refractivity contribution in [1.82, 2.24) is 0 Å². The molecule has 0 saturated heterocycles. The molecule has 1 unspecified atom stereocenters. The third-order valence-electron chi connectivity index (χ3n) is 4.23. The van der Waals surface area contributed by atoms with Crippen LogP contribution in [0.25, 0.3) is 0 Å². The van der Waals surface area contributed by atoms with Gasteiger partial charge in [-0.25, -0.2) is 4.99 Å². The van der Waals surface area contributed by atoms with E-state index in [0.29, 0.717) is 11.9 Å². The number of amidine groups is 1. The highest BCUT2D eigenvalue weighted by atomic mass is 32.1. The topological polar surface area (TPSA) is 65.5 Å². The summed E-state index contributed by atoms with van der Waals surface area (Å²) in [5.41, 5.74) is 9.61. The van der Waals surface area contributed by atoms with Crippen molar-refractivity contribution < 1.29 is 0 Å². The summed E-state index contributed by atoms with van der Waals surface area (Å²) in [7, 11) is 0. The number of aryl methyl sites for hydroxylation is 1. The summed E-state index contributed by atoms with van der Waals surface area (Å²) < 4.78 is 0. The summed E-state index contributed by atoms with van der Waals surface area (Å²) in [5.74, 6) is 0.574. The van der Waals surface area contributed by atoms with E-state index in [1.807, 2.05) is 23.6 Å². The second-order valence-corrected chi connectivity index (χ2v) is 6.82. The number of hydrogen-bond acceptors (Lipinski definition) is 4. The molecule has 1 atom stereocenters. The Morgan fingerprint density at radius 3 is 3.09 bits per heavy atom. The van der Waals surface area contributed by atoms with Gasteiger partial charge in [-0.1, -0.05) is 6.07 Å². The first-order valence-corrected chi connectivity index (χ1v) is 8.83. The number of nitrogens with one attached hydrogen (secondary N) is 1. The highest BCUT2D eigenvalue weighted by molar-refractivity contribution is 7.12. The number of thiophene rings is 1. The van der Waals surface area contributed by atoms with Crippen LogP contribution >= 0.6 is 11.3 Å². The Labute approximate surface area is 141 Å². The zero-order chi connectivity index (χ0) is 16.2. The summed E-state index contributed by atoms with van der Waals surface area (Å²) in [5, 5.41) is 9.34. The second-order valence-electron chi connectivity index (χ2n) is 5.87. The Bertz CT molecular complexity index is 706. The average molecular weight is 326 g/mol. The van der Waals surface area contributed by atoms with Crippen molar-refractivity contribution in [2.75, 3.05) is 11.4 Å². The molecule has 1 aromatic carbocycles. The smallest absolute Gasteiger partial charge is 0.141 e. The molecule has 1 aromatic heterocycles. The summed E-state index contributed by atoms with van der Waals surface area (Å²) >= 11 is 1.60. The number of fused-ring (bicyclic) bond motifs is 1. The van der Waals surface area contributed by atoms with Crippen LogP contribution in [0.2, 0.25) is 0 Å². The molecule has 23 heavy (non-hydrogen) atoms. The van der Waals surface area contributed by atoms with Crippen LogP contribution in [0.15, 0.2) is 40.7 Å². The molecule has 1 aliphatic rings. The van der Waals surface area contributed by atoms with Crippen LogP contribution < -0.4 is 10.6 Å². The SMILES string of the molecule is CC(CC=N)N1CCCc2cc(N=C(N)c3cccs3)ccc21. The fourth-order valence-corrected chi connectivity index (χ4v) is 3.68. The van der Waals surface area contributed by atoms with Gasteiger partial charge in [-0.2, -0.15) is 0 Å². The van der Waals surface area contributed by atoms with E-state index in [1.54, 1.807) is 11.3 Å². The van der Waals surface area contributed by atoms with Crippen LogP contribution in [0.5, 0.6) is 0 Å². The number of anilines is 1. The van der Waals surface area contributed by atoms with Crippen LogP contribution in [-0.2, 0) is 6.42 Å². The molecule has 0 amide bonds. The average Bonchev–Trinajstić information content (AvgIpc) is 3.09. The van der Waals surface area contributed by atoms with Gasteiger partial charge in [0, 0.05) is 24.7 Å². The van der Waals surface area contributed by atoms with E-state index in [1.165, 1.54) is 17.5 Å². The number of rotatable bonds is 5. The molecule has 3 rings (SSSR count). The molecule has 0 fully saturated rings. The van der Waals surface area contributed by atoms with Gasteiger partial charge >= 0.3 is 0 Å². The minimum atomic E-state index is 0.358. The number of hydrogen-bond donors (Lipinski definition) is 2. The lowest BCUT2D eigenvalue weighted by atomic mass is 9.99. The maximum atomic E-state index is 7.33. The summed E-state index contributed by atoms with van der Waals surface area (Å²) in [6, 6.07) is 10.7. The first-order valence-electron chi connectivity index (χ1n) is 7.95. The Hall–Kier alpha value is -2.14. The lowest BCUT2D eigenvalue weighted by Crippen LogP contribution is -2.37. The van der Waals surface area contributed by atoms with Gasteiger partial charge in [0.2, 0.25) is 0 Å². The van der Waals surface area contributed by atoms with Crippen LogP contribution in [-0.4, -0.2) is 24.6 Å². The molecule has 5 heteroatoms. The van der Waals surface area contributed by atoms with Crippen LogP contribution in [0.4, 0.5) is 11.4 Å². The molecule has 4 nitrogen and oxygen atoms in total. The van der Waals surface area contributed by atoms with E-state index in [0.717, 1.165) is 36.4 Å². The second kappa shape index (κ2) is 6.96. The van der Waals surface area contributed by atoms with Crippen LogP contribution in [0, 0.1) is 5.41 Å². The molecule has 0 saturated carbocycles. The number of nitrogens with two attached hydrogens (primary N) is 1. The molecule has 0 spiro atoms. The molecule has 2 heterocycles. The van der Waals surface area contributed by atoms with E-state index in [-0.39, 0.29) is 0 Å². The van der Waals surface area contributed by atoms with Crippen LogP contribution in [0.3, 0.4) is 0 Å². The molecule has 120 valence electrons. The number of nitrogens with zero attached hydrogens (tertiary/aromatic N) is 2. The van der Waals surface area contributed by atoms with Gasteiger partial charge in [-0.3, -0.25) is 0 Å². The maximum Gasteiger partial charge on any atom is 0.141 e. The standard InChI is InChI=1S/C18H22N4S/c1-13(8-9-19)22-10-2-4-14-12-15(6-7-16(14)22)21-18(20)17-5-3-11-23-17/h3,5-7,9,11-13,19H,2,4,8,10H2,1H3,(H2,20,21). The lowest BCUT2D eigenvalue weighted by molar-refractivity contribution is 0.608. The Morgan fingerprint density at radius 1 is 1.48 bits per heavy atom. The van der Waals surface area contributed by atoms with Crippen molar-refractivity contribution in [3.8, 4) is 0 Å². The highest BCUT2D eigenvalue weighted by Crippen LogP contribution is 2.32. The van der Waals surface area contributed by atoms with Gasteiger partial charge in [0.15, 0.2) is 0 Å². The van der Waals surface area contributed by atoms with E-state index >= 15 is 0 Å². The largest absolute Gasteiger partial charge is 0.383 e. The fraction of sp³-hybridized carbons (Fsp3) is 0.333. The first-order chi connectivity index (χ1) is 11.2. The molecule has 3 N–H and O–H groups in total. The fourth-order valence-electron chi connectivity index (χ4n) is 3.06. The van der Waals surface area contributed by atoms with Crippen molar-refractivity contribution in [3.05, 3.63) is 46.2 Å². The van der Waals surface area contributed by atoms with Crippen LogP contribution in [0.1, 0.15) is 30.2 Å². The quantitative estimate of drug-likeness (QED) is 0.645. The molecule has 0 aliphatic carbocycles. The minimum absolute atomic E-state index is 0.358. The maximum absolute atomic E-state index is 7.33. The number of aliphatic imine (C=N–C) groups is 1. The summed E-state index contributed by atoms with van der Waals surface area (Å²) in [6.07, 6.45) is 4.50. The molecule has 2 aromatic rings. The summed E-state index contributed by atoms with van der Waals surface area (Å²) in [6.45, 7) is 3.24. The third-order valence-corrected chi connectivity index (χ3v) is 5.12. The predicted octanol–water partition coefficient (Wildman–Crippen LogP) is 3.97.